The molecular formula is C31H52O10. The van der Waals surface area contributed by atoms with Crippen LogP contribution in [-0.2, 0) is 33.2 Å². The molecule has 41 heavy (non-hydrogen) atoms. The van der Waals surface area contributed by atoms with Gasteiger partial charge in [0.1, 0.15) is 23.9 Å². The molecule has 0 saturated carbocycles. The van der Waals surface area contributed by atoms with Gasteiger partial charge in [0.25, 0.3) is 0 Å². The third kappa shape index (κ3) is 9.56. The monoisotopic (exact) mass is 584 g/mol. The first-order valence-electron chi connectivity index (χ1n) is 15.1. The molecule has 3 fully saturated rings. The fraction of sp³-hybridized carbons (Fsp3) is 0.839. The molecule has 10 heteroatoms. The Morgan fingerprint density at radius 1 is 1.05 bits per heavy atom. The van der Waals surface area contributed by atoms with Crippen molar-refractivity contribution in [2.24, 2.45) is 5.92 Å². The van der Waals surface area contributed by atoms with Gasteiger partial charge in [0.15, 0.2) is 12.1 Å². The predicted octanol–water partition coefficient (Wildman–Crippen LogP) is 3.55. The minimum atomic E-state index is -1.80. The molecule has 3 saturated heterocycles. The van der Waals surface area contributed by atoms with Gasteiger partial charge in [-0.05, 0) is 51.9 Å². The van der Waals surface area contributed by atoms with Gasteiger partial charge >= 0.3 is 5.97 Å². The van der Waals surface area contributed by atoms with Crippen molar-refractivity contribution in [3.8, 4) is 0 Å². The number of hydrogen-bond donors (Lipinski definition) is 3. The van der Waals surface area contributed by atoms with Gasteiger partial charge in [-0.1, -0.05) is 38.2 Å². The van der Waals surface area contributed by atoms with Crippen LogP contribution in [0.5, 0.6) is 0 Å². The highest BCUT2D eigenvalue weighted by molar-refractivity contribution is 5.71. The summed E-state index contributed by atoms with van der Waals surface area (Å²) in [5.41, 5.74) is -0.908. The Bertz CT molecular complexity index is 879. The topological polar surface area (TPSA) is 133 Å². The van der Waals surface area contributed by atoms with E-state index < -0.39 is 66.4 Å². The second-order valence-corrected chi connectivity index (χ2v) is 12.2. The number of fused-ring (bicyclic) bond motifs is 2. The van der Waals surface area contributed by atoms with Crippen LogP contribution in [0.4, 0.5) is 0 Å². The van der Waals surface area contributed by atoms with Crippen LogP contribution < -0.4 is 0 Å². The predicted molar refractivity (Wildman–Crippen MR) is 152 cm³/mol. The molecule has 0 amide bonds. The molecule has 0 aromatic heterocycles. The molecule has 0 aromatic rings. The first-order chi connectivity index (χ1) is 19.4. The summed E-state index contributed by atoms with van der Waals surface area (Å²) in [4.78, 5) is 13.2. The minimum Gasteiger partial charge on any atom is -0.459 e. The SMILES string of the molecule is CC/C=C/C=C/CC[C@]1(C)C[C@H](O)[C@H](C)CC[C@H]2C[C@@H](O[C@@H]3O[C@@H](C)[C@H](OC)[C@@H](O)[C@H]3OC)C[C@@](O)(CC(=O)O1)O2. The molecule has 3 aliphatic heterocycles. The van der Waals surface area contributed by atoms with Crippen LogP contribution in [0.25, 0.3) is 0 Å². The van der Waals surface area contributed by atoms with Crippen molar-refractivity contribution < 1.29 is 48.5 Å². The second kappa shape index (κ2) is 15.4. The standard InChI is InChI=1S/C31H52O10/c1-7-8-9-10-11-12-15-30(4)18-24(32)20(2)13-14-22-16-23(17-31(35,40-22)19-25(33)41-30)39-29-28(37-6)26(34)27(36-5)21(3)38-29/h8-11,20-24,26-29,32,34-35H,7,12-19H2,1-6H3/b9-8+,11-10+/t20-,21+,22+,23-,24+,26-,27+,28-,29+,30-,31+/m1/s1. The highest BCUT2D eigenvalue weighted by Gasteiger charge is 2.49. The lowest BCUT2D eigenvalue weighted by Gasteiger charge is -2.46. The zero-order valence-corrected chi connectivity index (χ0v) is 25.6. The van der Waals surface area contributed by atoms with Crippen molar-refractivity contribution in [1.82, 2.24) is 0 Å². The number of carbonyl (C=O) groups excluding carboxylic acids is 1. The lowest BCUT2D eigenvalue weighted by atomic mass is 9.84. The van der Waals surface area contributed by atoms with Gasteiger partial charge in [0.05, 0.1) is 30.8 Å². The third-order valence-corrected chi connectivity index (χ3v) is 8.56. The summed E-state index contributed by atoms with van der Waals surface area (Å²) in [5.74, 6) is -2.47. The number of methoxy groups -OCH3 is 2. The molecule has 2 bridgehead atoms. The van der Waals surface area contributed by atoms with E-state index in [1.165, 1.54) is 14.2 Å². The number of ether oxygens (including phenoxy) is 6. The number of esters is 1. The number of aliphatic hydroxyl groups excluding tert-OH is 2. The Morgan fingerprint density at radius 3 is 2.44 bits per heavy atom. The van der Waals surface area contributed by atoms with Crippen molar-refractivity contribution in [3.63, 3.8) is 0 Å². The fourth-order valence-corrected chi connectivity index (χ4v) is 6.20. The maximum absolute atomic E-state index is 13.2. The quantitative estimate of drug-likeness (QED) is 0.273. The van der Waals surface area contributed by atoms with Gasteiger partial charge in [-0.2, -0.15) is 0 Å². The van der Waals surface area contributed by atoms with Gasteiger partial charge in [-0.3, -0.25) is 4.79 Å². The van der Waals surface area contributed by atoms with Crippen LogP contribution in [0.15, 0.2) is 24.3 Å². The van der Waals surface area contributed by atoms with E-state index in [2.05, 4.69) is 13.0 Å². The molecule has 0 aromatic carbocycles. The molecule has 236 valence electrons. The van der Waals surface area contributed by atoms with E-state index in [1.54, 1.807) is 6.92 Å². The first kappa shape index (κ1) is 34.1. The van der Waals surface area contributed by atoms with E-state index in [9.17, 15) is 20.1 Å². The molecule has 11 atom stereocenters. The van der Waals surface area contributed by atoms with Crippen molar-refractivity contribution in [2.45, 2.75) is 146 Å². The number of allylic oxidation sites excluding steroid dienone is 4. The van der Waals surface area contributed by atoms with Crippen molar-refractivity contribution in [3.05, 3.63) is 24.3 Å². The molecule has 0 unspecified atom stereocenters. The summed E-state index contributed by atoms with van der Waals surface area (Å²) in [6.07, 6.45) is 6.53. The number of carbonyl (C=O) groups is 1. The summed E-state index contributed by atoms with van der Waals surface area (Å²) in [6.45, 7) is 7.68. The normalized spacial score (nSPS) is 43.0. The average Bonchev–Trinajstić information content (AvgIpc) is 2.88. The van der Waals surface area contributed by atoms with Crippen LogP contribution in [0.1, 0.15) is 85.5 Å². The molecule has 0 aliphatic carbocycles. The molecular weight excluding hydrogens is 532 g/mol. The van der Waals surface area contributed by atoms with Crippen molar-refractivity contribution in [1.29, 1.82) is 0 Å². The van der Waals surface area contributed by atoms with Gasteiger partial charge in [-0.25, -0.2) is 0 Å². The number of aliphatic hydroxyl groups is 3. The molecule has 0 radical (unpaired) electrons. The Balaban J connectivity index is 1.75. The first-order valence-corrected chi connectivity index (χ1v) is 15.1. The maximum Gasteiger partial charge on any atom is 0.311 e. The van der Waals surface area contributed by atoms with Crippen LogP contribution in [-0.4, -0.2) is 95.9 Å². The molecule has 3 rings (SSSR count). The smallest absolute Gasteiger partial charge is 0.311 e. The zero-order chi connectivity index (χ0) is 30.2. The van der Waals surface area contributed by atoms with Crippen molar-refractivity contribution >= 4 is 5.97 Å². The Hall–Kier alpha value is -1.37. The number of hydrogen-bond acceptors (Lipinski definition) is 10. The van der Waals surface area contributed by atoms with Crippen LogP contribution >= 0.6 is 0 Å². The van der Waals surface area contributed by atoms with E-state index in [0.717, 1.165) is 6.42 Å². The highest BCUT2D eigenvalue weighted by atomic mass is 16.7. The Labute approximate surface area is 245 Å². The summed E-state index contributed by atoms with van der Waals surface area (Å²) < 4.78 is 35.3. The Morgan fingerprint density at radius 2 is 1.76 bits per heavy atom. The molecule has 3 aliphatic rings. The largest absolute Gasteiger partial charge is 0.459 e. The third-order valence-electron chi connectivity index (χ3n) is 8.56. The average molecular weight is 585 g/mol. The Kier molecular flexibility index (Phi) is 12.8. The molecule has 3 N–H and O–H groups in total. The van der Waals surface area contributed by atoms with Crippen LogP contribution in [0.3, 0.4) is 0 Å². The summed E-state index contributed by atoms with van der Waals surface area (Å²) in [6, 6.07) is 0. The lowest BCUT2D eigenvalue weighted by molar-refractivity contribution is -0.337. The van der Waals surface area contributed by atoms with E-state index >= 15 is 0 Å². The molecule has 0 spiro atoms. The lowest BCUT2D eigenvalue weighted by Crippen LogP contribution is -2.60. The van der Waals surface area contributed by atoms with Gasteiger partial charge < -0.3 is 43.7 Å². The zero-order valence-electron chi connectivity index (χ0n) is 25.6. The fourth-order valence-electron chi connectivity index (χ4n) is 6.20. The van der Waals surface area contributed by atoms with Crippen LogP contribution in [0.2, 0.25) is 0 Å². The van der Waals surface area contributed by atoms with Crippen molar-refractivity contribution in [2.75, 3.05) is 14.2 Å². The number of cyclic esters (lactones) is 1. The van der Waals surface area contributed by atoms with E-state index in [1.807, 2.05) is 32.1 Å². The van der Waals surface area contributed by atoms with Crippen LogP contribution in [0, 0.1) is 5.92 Å². The number of rotatable bonds is 9. The van der Waals surface area contributed by atoms with Gasteiger partial charge in [0, 0.05) is 33.5 Å². The van der Waals surface area contributed by atoms with Gasteiger partial charge in [-0.15, -0.1) is 0 Å². The summed E-state index contributed by atoms with van der Waals surface area (Å²) in [5, 5.41) is 33.4. The summed E-state index contributed by atoms with van der Waals surface area (Å²) >= 11 is 0. The maximum atomic E-state index is 13.2. The van der Waals surface area contributed by atoms with E-state index in [0.29, 0.717) is 38.5 Å². The minimum absolute atomic E-state index is 0.0223. The molecule has 3 heterocycles. The van der Waals surface area contributed by atoms with Gasteiger partial charge in [0.2, 0.25) is 0 Å². The van der Waals surface area contributed by atoms with E-state index in [4.69, 9.17) is 28.4 Å². The molecule has 10 nitrogen and oxygen atoms in total. The highest BCUT2D eigenvalue weighted by Crippen LogP contribution is 2.38. The van der Waals surface area contributed by atoms with E-state index in [-0.39, 0.29) is 18.8 Å². The summed E-state index contributed by atoms with van der Waals surface area (Å²) in [7, 11) is 2.97. The second-order valence-electron chi connectivity index (χ2n) is 12.2.